The fourth-order valence-corrected chi connectivity index (χ4v) is 2.14. The van der Waals surface area contributed by atoms with E-state index in [2.05, 4.69) is 15.3 Å². The van der Waals surface area contributed by atoms with Crippen molar-refractivity contribution in [3.8, 4) is 5.88 Å². The fraction of sp³-hybridized carbons (Fsp3) is 0.667. The highest BCUT2D eigenvalue weighted by atomic mass is 19.1. The van der Waals surface area contributed by atoms with Crippen molar-refractivity contribution in [3.05, 3.63) is 12.0 Å². The minimum atomic E-state index is -0.534. The molecule has 1 aromatic rings. The first-order valence-corrected chi connectivity index (χ1v) is 6.12. The van der Waals surface area contributed by atoms with Gasteiger partial charge in [0.15, 0.2) is 0 Å². The molecule has 1 fully saturated rings. The fourth-order valence-electron chi connectivity index (χ4n) is 2.14. The Bertz CT molecular complexity index is 403. The Morgan fingerprint density at radius 3 is 2.89 bits per heavy atom. The van der Waals surface area contributed by atoms with Crippen LogP contribution in [0, 0.1) is 5.82 Å². The molecule has 100 valence electrons. The minimum Gasteiger partial charge on any atom is -0.472 e. The zero-order chi connectivity index (χ0) is 13.0. The first-order chi connectivity index (χ1) is 8.72. The lowest BCUT2D eigenvalue weighted by molar-refractivity contribution is 0.0181. The van der Waals surface area contributed by atoms with E-state index in [1.807, 2.05) is 0 Å². The summed E-state index contributed by atoms with van der Waals surface area (Å²) in [5.74, 6) is -0.171. The number of nitrogens with zero attached hydrogens (tertiary/aromatic N) is 2. The summed E-state index contributed by atoms with van der Waals surface area (Å²) >= 11 is 0. The van der Waals surface area contributed by atoms with Crippen LogP contribution in [0.15, 0.2) is 6.20 Å². The van der Waals surface area contributed by atoms with Crippen LogP contribution in [0.5, 0.6) is 5.88 Å². The lowest BCUT2D eigenvalue weighted by Gasteiger charge is -2.28. The van der Waals surface area contributed by atoms with Crippen molar-refractivity contribution >= 4 is 5.95 Å². The number of hydrogen-bond acceptors (Lipinski definition) is 5. The number of methoxy groups -OCH3 is 1. The van der Waals surface area contributed by atoms with E-state index in [9.17, 15) is 4.39 Å². The largest absolute Gasteiger partial charge is 0.472 e. The van der Waals surface area contributed by atoms with Crippen molar-refractivity contribution in [2.75, 3.05) is 19.5 Å². The summed E-state index contributed by atoms with van der Waals surface area (Å²) in [7, 11) is 3.37. The van der Waals surface area contributed by atoms with Crippen LogP contribution in [0.2, 0.25) is 0 Å². The van der Waals surface area contributed by atoms with E-state index in [0.29, 0.717) is 5.95 Å². The maximum absolute atomic E-state index is 13.5. The Balaban J connectivity index is 2.04. The Kier molecular flexibility index (Phi) is 4.30. The molecule has 1 saturated carbocycles. The molecular formula is C12H18FN3O2. The van der Waals surface area contributed by atoms with Crippen molar-refractivity contribution in [3.63, 3.8) is 0 Å². The summed E-state index contributed by atoms with van der Waals surface area (Å²) in [5, 5.41) is 2.76. The smallest absolute Gasteiger partial charge is 0.255 e. The van der Waals surface area contributed by atoms with E-state index >= 15 is 0 Å². The third-order valence-electron chi connectivity index (χ3n) is 3.13. The lowest BCUT2D eigenvalue weighted by Crippen LogP contribution is -2.30. The van der Waals surface area contributed by atoms with Gasteiger partial charge in [-0.05, 0) is 19.3 Å². The highest BCUT2D eigenvalue weighted by Gasteiger charge is 2.24. The van der Waals surface area contributed by atoms with Crippen LogP contribution in [-0.4, -0.2) is 36.3 Å². The van der Waals surface area contributed by atoms with Gasteiger partial charge in [0.2, 0.25) is 11.8 Å². The molecule has 1 aliphatic carbocycles. The van der Waals surface area contributed by atoms with Gasteiger partial charge in [0.1, 0.15) is 6.10 Å². The second-order valence-corrected chi connectivity index (χ2v) is 4.36. The third-order valence-corrected chi connectivity index (χ3v) is 3.13. The van der Waals surface area contributed by atoms with Gasteiger partial charge < -0.3 is 14.8 Å². The third kappa shape index (κ3) is 3.07. The average molecular weight is 255 g/mol. The van der Waals surface area contributed by atoms with E-state index < -0.39 is 5.82 Å². The molecule has 1 N–H and O–H groups in total. The standard InChI is InChI=1S/C12H18FN3O2/c1-14-12-15-7-10(13)11(16-12)18-9-5-3-4-8(6-9)17-2/h7-9H,3-6H2,1-2H3,(H,14,15,16). The van der Waals surface area contributed by atoms with E-state index in [1.54, 1.807) is 14.2 Å². The topological polar surface area (TPSA) is 56.3 Å². The van der Waals surface area contributed by atoms with Gasteiger partial charge in [-0.1, -0.05) is 0 Å². The molecule has 6 heteroatoms. The molecule has 2 unspecified atom stereocenters. The summed E-state index contributed by atoms with van der Waals surface area (Å²) in [5.41, 5.74) is 0. The Morgan fingerprint density at radius 1 is 1.39 bits per heavy atom. The maximum atomic E-state index is 13.5. The van der Waals surface area contributed by atoms with Crippen LogP contribution in [0.3, 0.4) is 0 Å². The second kappa shape index (κ2) is 5.95. The zero-order valence-corrected chi connectivity index (χ0v) is 10.6. The minimum absolute atomic E-state index is 0.0103. The van der Waals surface area contributed by atoms with E-state index in [1.165, 1.54) is 0 Å². The number of halogens is 1. The Morgan fingerprint density at radius 2 is 2.17 bits per heavy atom. The first-order valence-electron chi connectivity index (χ1n) is 6.12. The molecule has 2 rings (SSSR count). The van der Waals surface area contributed by atoms with Crippen LogP contribution in [-0.2, 0) is 4.74 Å². The number of rotatable bonds is 4. The summed E-state index contributed by atoms with van der Waals surface area (Å²) < 4.78 is 24.5. The second-order valence-electron chi connectivity index (χ2n) is 4.36. The van der Waals surface area contributed by atoms with E-state index in [-0.39, 0.29) is 18.1 Å². The number of anilines is 1. The van der Waals surface area contributed by atoms with Crippen LogP contribution in [0.4, 0.5) is 10.3 Å². The molecule has 0 amide bonds. The van der Waals surface area contributed by atoms with Gasteiger partial charge in [0.05, 0.1) is 12.3 Å². The Hall–Kier alpha value is -1.43. The highest BCUT2D eigenvalue weighted by Crippen LogP contribution is 2.25. The Labute approximate surface area is 106 Å². The molecule has 1 aromatic heterocycles. The van der Waals surface area contributed by atoms with Gasteiger partial charge in [-0.3, -0.25) is 0 Å². The summed E-state index contributed by atoms with van der Waals surface area (Å²) in [6, 6.07) is 0. The predicted octanol–water partition coefficient (Wildman–Crippen LogP) is 1.99. The molecule has 1 heterocycles. The molecule has 0 aromatic carbocycles. The molecule has 2 atom stereocenters. The van der Waals surface area contributed by atoms with Crippen LogP contribution < -0.4 is 10.1 Å². The van der Waals surface area contributed by atoms with E-state index in [0.717, 1.165) is 31.9 Å². The van der Waals surface area contributed by atoms with Gasteiger partial charge in [-0.15, -0.1) is 0 Å². The molecule has 0 aliphatic heterocycles. The SMILES string of the molecule is CNc1ncc(F)c(OC2CCCC(OC)C2)n1. The molecule has 5 nitrogen and oxygen atoms in total. The lowest BCUT2D eigenvalue weighted by atomic mass is 9.95. The maximum Gasteiger partial charge on any atom is 0.255 e. The number of aromatic nitrogens is 2. The molecule has 0 bridgehead atoms. The number of hydrogen-bond donors (Lipinski definition) is 1. The molecule has 18 heavy (non-hydrogen) atoms. The van der Waals surface area contributed by atoms with Crippen molar-refractivity contribution in [1.82, 2.24) is 9.97 Å². The number of nitrogens with one attached hydrogen (secondary N) is 1. The first kappa shape index (κ1) is 13.0. The quantitative estimate of drug-likeness (QED) is 0.891. The van der Waals surface area contributed by atoms with Crippen molar-refractivity contribution in [2.45, 2.75) is 37.9 Å². The van der Waals surface area contributed by atoms with E-state index in [4.69, 9.17) is 9.47 Å². The van der Waals surface area contributed by atoms with Crippen LogP contribution in [0.1, 0.15) is 25.7 Å². The summed E-state index contributed by atoms with van der Waals surface area (Å²) in [6.07, 6.45) is 4.99. The summed E-state index contributed by atoms with van der Waals surface area (Å²) in [4.78, 5) is 7.76. The van der Waals surface area contributed by atoms with Gasteiger partial charge >= 0.3 is 0 Å². The predicted molar refractivity (Wildman–Crippen MR) is 65.2 cm³/mol. The van der Waals surface area contributed by atoms with Crippen molar-refractivity contribution in [1.29, 1.82) is 0 Å². The average Bonchev–Trinajstić information content (AvgIpc) is 2.41. The zero-order valence-electron chi connectivity index (χ0n) is 10.6. The normalized spacial score (nSPS) is 23.7. The molecule has 0 spiro atoms. The number of ether oxygens (including phenoxy) is 2. The summed E-state index contributed by atoms with van der Waals surface area (Å²) in [6.45, 7) is 0. The molecule has 1 aliphatic rings. The van der Waals surface area contributed by atoms with Gasteiger partial charge in [0.25, 0.3) is 5.88 Å². The monoisotopic (exact) mass is 255 g/mol. The van der Waals surface area contributed by atoms with Crippen LogP contribution >= 0.6 is 0 Å². The van der Waals surface area contributed by atoms with Gasteiger partial charge in [-0.25, -0.2) is 4.98 Å². The van der Waals surface area contributed by atoms with Crippen LogP contribution in [0.25, 0.3) is 0 Å². The molecular weight excluding hydrogens is 237 g/mol. The van der Waals surface area contributed by atoms with Gasteiger partial charge in [-0.2, -0.15) is 9.37 Å². The highest BCUT2D eigenvalue weighted by molar-refractivity contribution is 5.27. The molecule has 0 saturated heterocycles. The molecule has 0 radical (unpaired) electrons. The van der Waals surface area contributed by atoms with Gasteiger partial charge in [0, 0.05) is 20.6 Å². The van der Waals surface area contributed by atoms with Crippen molar-refractivity contribution in [2.24, 2.45) is 0 Å². The van der Waals surface area contributed by atoms with Crippen molar-refractivity contribution < 1.29 is 13.9 Å².